The Balaban J connectivity index is 1.96. The van der Waals surface area contributed by atoms with Crippen molar-refractivity contribution >= 4 is 5.97 Å². The van der Waals surface area contributed by atoms with Gasteiger partial charge in [0.2, 0.25) is 0 Å². The van der Waals surface area contributed by atoms with Gasteiger partial charge < -0.3 is 5.11 Å². The molecule has 0 spiro atoms. The van der Waals surface area contributed by atoms with E-state index in [2.05, 4.69) is 23.2 Å². The van der Waals surface area contributed by atoms with E-state index in [1.807, 2.05) is 24.3 Å². The summed E-state index contributed by atoms with van der Waals surface area (Å²) in [5.74, 6) is -0.948. The average Bonchev–Trinajstić information content (AvgIpc) is 2.93. The van der Waals surface area contributed by atoms with E-state index < -0.39 is 5.97 Å². The molecule has 0 amide bonds. The topological polar surface area (TPSA) is 50.2 Å². The molecule has 1 heterocycles. The minimum atomic E-state index is -0.948. The number of rotatable bonds is 2. The van der Waals surface area contributed by atoms with Crippen molar-refractivity contribution in [1.82, 2.24) is 4.98 Å². The van der Waals surface area contributed by atoms with Crippen LogP contribution in [0, 0.1) is 0 Å². The Morgan fingerprint density at radius 2 is 1.68 bits per heavy atom. The van der Waals surface area contributed by atoms with Crippen molar-refractivity contribution < 1.29 is 9.90 Å². The van der Waals surface area contributed by atoms with Gasteiger partial charge in [0.25, 0.3) is 0 Å². The van der Waals surface area contributed by atoms with Crippen LogP contribution in [0.5, 0.6) is 0 Å². The second-order valence-corrected chi connectivity index (χ2v) is 5.37. The number of aromatic nitrogens is 1. The molecule has 1 aliphatic rings. The van der Waals surface area contributed by atoms with Crippen LogP contribution in [0.25, 0.3) is 22.4 Å². The summed E-state index contributed by atoms with van der Waals surface area (Å²) in [4.78, 5) is 15.8. The maximum Gasteiger partial charge on any atom is 0.337 e. The van der Waals surface area contributed by atoms with Crippen LogP contribution in [0.2, 0.25) is 0 Å². The molecule has 3 nitrogen and oxygen atoms in total. The predicted octanol–water partition coefficient (Wildman–Crippen LogP) is 4.02. The fourth-order valence-corrected chi connectivity index (χ4v) is 3.17. The molecule has 0 atom stereocenters. The Kier molecular flexibility index (Phi) is 2.79. The number of fused-ring (bicyclic) bond motifs is 3. The van der Waals surface area contributed by atoms with Gasteiger partial charge in [0.1, 0.15) is 0 Å². The highest BCUT2D eigenvalue weighted by Gasteiger charge is 2.23. The van der Waals surface area contributed by atoms with Gasteiger partial charge in [-0.3, -0.25) is 4.98 Å². The standard InChI is InChI=1S/C19H13NO2/c21-19(22)16-9-4-10-20-18(16)15-8-3-7-14-13-6-2-1-5-12(13)11-17(14)15/h1-10H,11H2,(H,21,22). The molecule has 0 unspecified atom stereocenters. The van der Waals surface area contributed by atoms with Gasteiger partial charge in [0, 0.05) is 11.8 Å². The van der Waals surface area contributed by atoms with Gasteiger partial charge in [-0.15, -0.1) is 0 Å². The molecule has 0 aliphatic heterocycles. The number of hydrogen-bond acceptors (Lipinski definition) is 2. The van der Waals surface area contributed by atoms with Gasteiger partial charge in [-0.2, -0.15) is 0 Å². The summed E-state index contributed by atoms with van der Waals surface area (Å²) < 4.78 is 0. The fraction of sp³-hybridized carbons (Fsp3) is 0.0526. The van der Waals surface area contributed by atoms with Crippen LogP contribution in [0.1, 0.15) is 21.5 Å². The van der Waals surface area contributed by atoms with Crippen LogP contribution in [0.4, 0.5) is 0 Å². The maximum absolute atomic E-state index is 11.5. The highest BCUT2D eigenvalue weighted by Crippen LogP contribution is 2.41. The third-order valence-corrected chi connectivity index (χ3v) is 4.14. The molecule has 1 N–H and O–H groups in total. The minimum Gasteiger partial charge on any atom is -0.478 e. The average molecular weight is 287 g/mol. The first-order valence-electron chi connectivity index (χ1n) is 7.14. The lowest BCUT2D eigenvalue weighted by molar-refractivity contribution is 0.0697. The third-order valence-electron chi connectivity index (χ3n) is 4.14. The lowest BCUT2D eigenvalue weighted by atomic mass is 9.96. The Labute approximate surface area is 127 Å². The summed E-state index contributed by atoms with van der Waals surface area (Å²) in [6.07, 6.45) is 2.46. The molecule has 22 heavy (non-hydrogen) atoms. The van der Waals surface area contributed by atoms with Gasteiger partial charge in [-0.25, -0.2) is 4.79 Å². The lowest BCUT2D eigenvalue weighted by Crippen LogP contribution is -2.02. The molecule has 1 aliphatic carbocycles. The van der Waals surface area contributed by atoms with Crippen LogP contribution in [0.3, 0.4) is 0 Å². The summed E-state index contributed by atoms with van der Waals surface area (Å²) in [6.45, 7) is 0. The zero-order valence-corrected chi connectivity index (χ0v) is 11.8. The number of aromatic carboxylic acids is 1. The van der Waals surface area contributed by atoms with Crippen LogP contribution >= 0.6 is 0 Å². The Morgan fingerprint density at radius 1 is 0.909 bits per heavy atom. The monoisotopic (exact) mass is 287 g/mol. The van der Waals surface area contributed by atoms with Crippen LogP contribution in [-0.4, -0.2) is 16.1 Å². The van der Waals surface area contributed by atoms with Crippen molar-refractivity contribution in [2.45, 2.75) is 6.42 Å². The maximum atomic E-state index is 11.5. The smallest absolute Gasteiger partial charge is 0.337 e. The second-order valence-electron chi connectivity index (χ2n) is 5.37. The third kappa shape index (κ3) is 1.83. The van der Waals surface area contributed by atoms with E-state index >= 15 is 0 Å². The van der Waals surface area contributed by atoms with E-state index in [9.17, 15) is 9.90 Å². The molecule has 4 rings (SSSR count). The second kappa shape index (κ2) is 4.81. The van der Waals surface area contributed by atoms with Crippen molar-refractivity contribution in [2.24, 2.45) is 0 Å². The van der Waals surface area contributed by atoms with E-state index in [0.29, 0.717) is 5.69 Å². The van der Waals surface area contributed by atoms with Crippen molar-refractivity contribution in [3.63, 3.8) is 0 Å². The Bertz CT molecular complexity index is 899. The molecule has 3 aromatic rings. The molecule has 0 saturated heterocycles. The normalized spacial score (nSPS) is 11.8. The number of nitrogens with zero attached hydrogens (tertiary/aromatic N) is 1. The van der Waals surface area contributed by atoms with Gasteiger partial charge in [0.15, 0.2) is 0 Å². The fourth-order valence-electron chi connectivity index (χ4n) is 3.17. The predicted molar refractivity (Wildman–Crippen MR) is 84.9 cm³/mol. The Morgan fingerprint density at radius 3 is 2.55 bits per heavy atom. The minimum absolute atomic E-state index is 0.242. The molecule has 106 valence electrons. The van der Waals surface area contributed by atoms with Crippen LogP contribution in [-0.2, 0) is 6.42 Å². The highest BCUT2D eigenvalue weighted by molar-refractivity contribution is 5.96. The summed E-state index contributed by atoms with van der Waals surface area (Å²) in [6, 6.07) is 17.6. The Hall–Kier alpha value is -2.94. The van der Waals surface area contributed by atoms with Crippen molar-refractivity contribution in [1.29, 1.82) is 0 Å². The van der Waals surface area contributed by atoms with E-state index in [4.69, 9.17) is 0 Å². The summed E-state index contributed by atoms with van der Waals surface area (Å²) in [7, 11) is 0. The molecule has 0 fully saturated rings. The summed E-state index contributed by atoms with van der Waals surface area (Å²) in [5, 5.41) is 9.41. The van der Waals surface area contributed by atoms with Gasteiger partial charge in [0.05, 0.1) is 11.3 Å². The van der Waals surface area contributed by atoms with E-state index in [-0.39, 0.29) is 5.56 Å². The summed E-state index contributed by atoms with van der Waals surface area (Å²) in [5.41, 5.74) is 6.53. The zero-order valence-electron chi connectivity index (χ0n) is 11.8. The van der Waals surface area contributed by atoms with Crippen molar-refractivity contribution in [2.75, 3.05) is 0 Å². The molecule has 2 aromatic carbocycles. The van der Waals surface area contributed by atoms with Gasteiger partial charge in [-0.05, 0) is 40.8 Å². The zero-order chi connectivity index (χ0) is 15.1. The quantitative estimate of drug-likeness (QED) is 0.606. The van der Waals surface area contributed by atoms with Gasteiger partial charge in [-0.1, -0.05) is 42.5 Å². The van der Waals surface area contributed by atoms with Crippen LogP contribution in [0.15, 0.2) is 60.8 Å². The molecule has 3 heteroatoms. The molecular weight excluding hydrogens is 274 g/mol. The van der Waals surface area contributed by atoms with Crippen LogP contribution < -0.4 is 0 Å². The van der Waals surface area contributed by atoms with Crippen molar-refractivity contribution in [3.05, 3.63) is 77.5 Å². The number of benzene rings is 2. The number of carboxylic acids is 1. The number of carbonyl (C=O) groups is 1. The van der Waals surface area contributed by atoms with E-state index in [1.54, 1.807) is 18.3 Å². The van der Waals surface area contributed by atoms with E-state index in [0.717, 1.165) is 17.5 Å². The number of carboxylic acid groups (broad SMARTS) is 1. The molecule has 0 radical (unpaired) electrons. The first-order valence-corrected chi connectivity index (χ1v) is 7.14. The molecule has 0 bridgehead atoms. The van der Waals surface area contributed by atoms with E-state index in [1.165, 1.54) is 16.7 Å². The molecular formula is C19H13NO2. The molecule has 1 aromatic heterocycles. The first kappa shape index (κ1) is 12.8. The largest absolute Gasteiger partial charge is 0.478 e. The SMILES string of the molecule is O=C(O)c1cccnc1-c1cccc2c1Cc1ccccc1-2. The number of pyridine rings is 1. The highest BCUT2D eigenvalue weighted by atomic mass is 16.4. The van der Waals surface area contributed by atoms with Gasteiger partial charge >= 0.3 is 5.97 Å². The first-order chi connectivity index (χ1) is 10.8. The van der Waals surface area contributed by atoms with Crippen molar-refractivity contribution in [3.8, 4) is 22.4 Å². The summed E-state index contributed by atoms with van der Waals surface area (Å²) >= 11 is 0. The molecule has 0 saturated carbocycles. The number of hydrogen-bond donors (Lipinski definition) is 1. The lowest BCUT2D eigenvalue weighted by Gasteiger charge is -2.10.